The van der Waals surface area contributed by atoms with Crippen molar-refractivity contribution in [1.82, 2.24) is 15.1 Å². The molecule has 118 valence electrons. The molecule has 0 bridgehead atoms. The number of hydrogen-bond donors (Lipinski definition) is 1. The Labute approximate surface area is 131 Å². The summed E-state index contributed by atoms with van der Waals surface area (Å²) in [5, 5.41) is 7.64. The van der Waals surface area contributed by atoms with Crippen molar-refractivity contribution in [2.45, 2.75) is 32.4 Å². The van der Waals surface area contributed by atoms with Gasteiger partial charge in [-0.05, 0) is 37.6 Å². The Morgan fingerprint density at radius 1 is 1.45 bits per heavy atom. The number of ether oxygens (including phenoxy) is 2. The molecule has 2 aromatic rings. The molecule has 0 spiro atoms. The molecular formula is C17H23N3O2. The van der Waals surface area contributed by atoms with E-state index >= 15 is 0 Å². The average Bonchev–Trinajstić information content (AvgIpc) is 3.06. The van der Waals surface area contributed by atoms with E-state index in [4.69, 9.17) is 9.47 Å². The SMILES string of the molecule is COc1cc2c(cc1CNCCc1cnn(C)c1)O[C@@H](C)C2. The first-order valence-electron chi connectivity index (χ1n) is 7.70. The Hall–Kier alpha value is -2.01. The van der Waals surface area contributed by atoms with Gasteiger partial charge in [0.2, 0.25) is 0 Å². The van der Waals surface area contributed by atoms with Gasteiger partial charge in [-0.1, -0.05) is 0 Å². The highest BCUT2D eigenvalue weighted by Crippen LogP contribution is 2.34. The second-order valence-electron chi connectivity index (χ2n) is 5.85. The van der Waals surface area contributed by atoms with Crippen LogP contribution in [-0.2, 0) is 26.4 Å². The molecule has 0 unspecified atom stereocenters. The summed E-state index contributed by atoms with van der Waals surface area (Å²) < 4.78 is 13.2. The zero-order chi connectivity index (χ0) is 15.5. The molecule has 1 atom stereocenters. The van der Waals surface area contributed by atoms with E-state index < -0.39 is 0 Å². The van der Waals surface area contributed by atoms with Crippen LogP contribution in [0.3, 0.4) is 0 Å². The Morgan fingerprint density at radius 3 is 3.05 bits per heavy atom. The number of fused-ring (bicyclic) bond motifs is 1. The molecule has 0 radical (unpaired) electrons. The summed E-state index contributed by atoms with van der Waals surface area (Å²) in [6, 6.07) is 4.21. The normalized spacial score (nSPS) is 16.4. The molecule has 1 aliphatic heterocycles. The maximum absolute atomic E-state index is 5.83. The number of nitrogens with zero attached hydrogens (tertiary/aromatic N) is 2. The fourth-order valence-corrected chi connectivity index (χ4v) is 2.87. The zero-order valence-corrected chi connectivity index (χ0v) is 13.4. The van der Waals surface area contributed by atoms with Gasteiger partial charge in [-0.25, -0.2) is 0 Å². The number of aromatic nitrogens is 2. The van der Waals surface area contributed by atoms with Gasteiger partial charge in [0, 0.05) is 37.3 Å². The van der Waals surface area contributed by atoms with Gasteiger partial charge < -0.3 is 14.8 Å². The molecule has 1 N–H and O–H groups in total. The molecule has 1 aromatic heterocycles. The minimum Gasteiger partial charge on any atom is -0.496 e. The first kappa shape index (κ1) is 14.9. The number of hydrogen-bond acceptors (Lipinski definition) is 4. The summed E-state index contributed by atoms with van der Waals surface area (Å²) in [7, 11) is 3.66. The van der Waals surface area contributed by atoms with Gasteiger partial charge in [-0.15, -0.1) is 0 Å². The Kier molecular flexibility index (Phi) is 4.34. The molecule has 5 heteroatoms. The van der Waals surface area contributed by atoms with Crippen LogP contribution in [0.1, 0.15) is 23.6 Å². The van der Waals surface area contributed by atoms with Gasteiger partial charge in [-0.3, -0.25) is 4.68 Å². The maximum atomic E-state index is 5.83. The first-order chi connectivity index (χ1) is 10.7. The lowest BCUT2D eigenvalue weighted by atomic mass is 10.1. The molecule has 22 heavy (non-hydrogen) atoms. The Bertz CT molecular complexity index is 651. The van der Waals surface area contributed by atoms with Crippen molar-refractivity contribution in [2.75, 3.05) is 13.7 Å². The van der Waals surface area contributed by atoms with Crippen LogP contribution in [0.25, 0.3) is 0 Å². The highest BCUT2D eigenvalue weighted by molar-refractivity contribution is 5.48. The topological polar surface area (TPSA) is 48.3 Å². The molecule has 0 saturated heterocycles. The summed E-state index contributed by atoms with van der Waals surface area (Å²) in [6.45, 7) is 3.77. The van der Waals surface area contributed by atoms with E-state index in [1.807, 2.05) is 24.1 Å². The summed E-state index contributed by atoms with van der Waals surface area (Å²) in [5.74, 6) is 1.93. The van der Waals surface area contributed by atoms with Gasteiger partial charge in [0.25, 0.3) is 0 Å². The van der Waals surface area contributed by atoms with E-state index in [1.165, 1.54) is 11.1 Å². The highest BCUT2D eigenvalue weighted by Gasteiger charge is 2.21. The highest BCUT2D eigenvalue weighted by atomic mass is 16.5. The predicted octanol–water partition coefficient (Wildman–Crippen LogP) is 2.08. The number of aryl methyl sites for hydroxylation is 1. The van der Waals surface area contributed by atoms with E-state index in [-0.39, 0.29) is 6.10 Å². The van der Waals surface area contributed by atoms with Crippen molar-refractivity contribution in [3.05, 3.63) is 41.2 Å². The second kappa shape index (κ2) is 6.40. The molecule has 1 aliphatic rings. The number of methoxy groups -OCH3 is 1. The molecule has 3 rings (SSSR count). The van der Waals surface area contributed by atoms with Crippen molar-refractivity contribution in [2.24, 2.45) is 7.05 Å². The summed E-state index contributed by atoms with van der Waals surface area (Å²) in [6.07, 6.45) is 6.14. The van der Waals surface area contributed by atoms with Crippen LogP contribution in [0.15, 0.2) is 24.5 Å². The van der Waals surface area contributed by atoms with E-state index in [0.717, 1.165) is 43.0 Å². The van der Waals surface area contributed by atoms with E-state index in [9.17, 15) is 0 Å². The lowest BCUT2D eigenvalue weighted by Crippen LogP contribution is -2.17. The maximum Gasteiger partial charge on any atom is 0.123 e. The minimum absolute atomic E-state index is 0.258. The molecule has 2 heterocycles. The van der Waals surface area contributed by atoms with Crippen LogP contribution in [0.5, 0.6) is 11.5 Å². The number of rotatable bonds is 6. The third kappa shape index (κ3) is 3.25. The zero-order valence-electron chi connectivity index (χ0n) is 13.4. The van der Waals surface area contributed by atoms with Crippen molar-refractivity contribution in [3.63, 3.8) is 0 Å². The third-order valence-electron chi connectivity index (χ3n) is 3.96. The smallest absolute Gasteiger partial charge is 0.123 e. The van der Waals surface area contributed by atoms with Gasteiger partial charge in [0.1, 0.15) is 17.6 Å². The molecule has 0 fully saturated rings. The summed E-state index contributed by atoms with van der Waals surface area (Å²) >= 11 is 0. The van der Waals surface area contributed by atoms with Crippen molar-refractivity contribution >= 4 is 0 Å². The molecule has 0 amide bonds. The molecule has 1 aromatic carbocycles. The van der Waals surface area contributed by atoms with Crippen LogP contribution < -0.4 is 14.8 Å². The minimum atomic E-state index is 0.258. The van der Waals surface area contributed by atoms with Crippen molar-refractivity contribution in [1.29, 1.82) is 0 Å². The van der Waals surface area contributed by atoms with Gasteiger partial charge in [0.05, 0.1) is 13.3 Å². The number of nitrogens with one attached hydrogen (secondary N) is 1. The largest absolute Gasteiger partial charge is 0.496 e. The van der Waals surface area contributed by atoms with Crippen LogP contribution in [0.2, 0.25) is 0 Å². The summed E-state index contributed by atoms with van der Waals surface area (Å²) in [5.41, 5.74) is 3.62. The summed E-state index contributed by atoms with van der Waals surface area (Å²) in [4.78, 5) is 0. The van der Waals surface area contributed by atoms with Crippen LogP contribution >= 0.6 is 0 Å². The lowest BCUT2D eigenvalue weighted by molar-refractivity contribution is 0.254. The number of benzene rings is 1. The quantitative estimate of drug-likeness (QED) is 0.830. The van der Waals surface area contributed by atoms with Crippen LogP contribution in [0.4, 0.5) is 0 Å². The second-order valence-corrected chi connectivity index (χ2v) is 5.85. The molecular weight excluding hydrogens is 278 g/mol. The third-order valence-corrected chi connectivity index (χ3v) is 3.96. The van der Waals surface area contributed by atoms with Crippen LogP contribution in [0, 0.1) is 0 Å². The van der Waals surface area contributed by atoms with E-state index in [2.05, 4.69) is 29.5 Å². The van der Waals surface area contributed by atoms with Crippen molar-refractivity contribution < 1.29 is 9.47 Å². The molecule has 5 nitrogen and oxygen atoms in total. The van der Waals surface area contributed by atoms with Gasteiger partial charge in [0.15, 0.2) is 0 Å². The first-order valence-corrected chi connectivity index (χ1v) is 7.70. The van der Waals surface area contributed by atoms with Crippen molar-refractivity contribution in [3.8, 4) is 11.5 Å². The van der Waals surface area contributed by atoms with Crippen LogP contribution in [-0.4, -0.2) is 29.5 Å². The standard InChI is InChI=1S/C17H23N3O2/c1-12-6-14-7-16(21-3)15(8-17(14)22-12)10-18-5-4-13-9-19-20(2)11-13/h7-9,11-12,18H,4-6,10H2,1-3H3/t12-/m0/s1. The average molecular weight is 301 g/mol. The lowest BCUT2D eigenvalue weighted by Gasteiger charge is -2.12. The fourth-order valence-electron chi connectivity index (χ4n) is 2.87. The predicted molar refractivity (Wildman–Crippen MR) is 85.4 cm³/mol. The monoisotopic (exact) mass is 301 g/mol. The fraction of sp³-hybridized carbons (Fsp3) is 0.471. The van der Waals surface area contributed by atoms with E-state index in [1.54, 1.807) is 7.11 Å². The molecule has 0 saturated carbocycles. The van der Waals surface area contributed by atoms with E-state index in [0.29, 0.717) is 0 Å². The Morgan fingerprint density at radius 2 is 2.32 bits per heavy atom. The molecule has 0 aliphatic carbocycles. The Balaban J connectivity index is 1.59. The van der Waals surface area contributed by atoms with Gasteiger partial charge in [-0.2, -0.15) is 5.10 Å². The van der Waals surface area contributed by atoms with Gasteiger partial charge >= 0.3 is 0 Å².